The molecule has 0 radical (unpaired) electrons. The Kier molecular flexibility index (Phi) is 10.6. The summed E-state index contributed by atoms with van der Waals surface area (Å²) in [6.45, 7) is 1.56. The molecule has 272 valence electrons. The zero-order chi connectivity index (χ0) is 37.4. The van der Waals surface area contributed by atoms with Gasteiger partial charge in [0.2, 0.25) is 0 Å². The molecule has 0 bridgehead atoms. The van der Waals surface area contributed by atoms with Gasteiger partial charge in [0.05, 0.1) is 16.9 Å². The number of benzene rings is 4. The van der Waals surface area contributed by atoms with E-state index in [1.807, 2.05) is 0 Å². The molecule has 1 atom stereocenters. The summed E-state index contributed by atoms with van der Waals surface area (Å²) in [6.07, 6.45) is 4.64. The van der Waals surface area contributed by atoms with E-state index >= 15 is 17.6 Å². The van der Waals surface area contributed by atoms with Crippen molar-refractivity contribution in [2.24, 2.45) is 0 Å². The number of halogens is 6. The number of rotatable bonds is 5. The minimum atomic E-state index is -1.95. The van der Waals surface area contributed by atoms with Gasteiger partial charge in [-0.15, -0.1) is 18.2 Å². The molecule has 0 saturated heterocycles. The molecule has 0 saturated carbocycles. The Bertz CT molecular complexity index is 2330. The van der Waals surface area contributed by atoms with Gasteiger partial charge >= 0.3 is 26.1 Å². The monoisotopic (exact) mass is 913 g/mol. The van der Waals surface area contributed by atoms with Crippen LogP contribution in [0.3, 0.4) is 0 Å². The van der Waals surface area contributed by atoms with Gasteiger partial charge in [0.25, 0.3) is 0 Å². The molecule has 0 amide bonds. The second kappa shape index (κ2) is 15.2. The van der Waals surface area contributed by atoms with Gasteiger partial charge in [0.15, 0.2) is 0 Å². The summed E-state index contributed by atoms with van der Waals surface area (Å²) in [7, 11) is 1.69. The number of hydrogen-bond donors (Lipinski definition) is 1. The zero-order valence-electron chi connectivity index (χ0n) is 27.7. The molecule has 2 aromatic heterocycles. The number of aromatic nitrogens is 2. The molecule has 7 nitrogen and oxygen atoms in total. The van der Waals surface area contributed by atoms with Crippen LogP contribution < -0.4 is 4.90 Å². The normalized spacial score (nSPS) is 15.5. The maximum Gasteiger partial charge on any atom is 3.00 e. The molecule has 4 heterocycles. The second-order valence-corrected chi connectivity index (χ2v) is 11.8. The van der Waals surface area contributed by atoms with E-state index in [1.165, 1.54) is 40.3 Å². The van der Waals surface area contributed by atoms with Gasteiger partial charge in [-0.3, -0.25) is 13.8 Å². The predicted molar refractivity (Wildman–Crippen MR) is 182 cm³/mol. The Labute approximate surface area is 318 Å². The van der Waals surface area contributed by atoms with E-state index in [9.17, 15) is 13.6 Å². The summed E-state index contributed by atoms with van der Waals surface area (Å²) in [5.74, 6) is -6.86. The topological polar surface area (TPSA) is 72.8 Å². The van der Waals surface area contributed by atoms with Crippen molar-refractivity contribution in [1.82, 2.24) is 19.8 Å². The number of fused-ring (bicyclic) bond motifs is 2. The molecule has 2 aliphatic heterocycles. The van der Waals surface area contributed by atoms with E-state index in [-0.39, 0.29) is 65.3 Å². The third-order valence-corrected chi connectivity index (χ3v) is 8.48. The van der Waals surface area contributed by atoms with E-state index in [0.717, 1.165) is 12.1 Å². The summed E-state index contributed by atoms with van der Waals surface area (Å²) in [4.78, 5) is 22.8. The molecule has 0 aliphatic carbocycles. The Balaban J connectivity index is 0.000000438. The number of hydrogen-bond acceptors (Lipinski definition) is 6. The summed E-state index contributed by atoms with van der Waals surface area (Å²) in [5.41, 5.74) is -2.39. The quantitative estimate of drug-likeness (QED) is 0.137. The summed E-state index contributed by atoms with van der Waals surface area (Å²) in [5, 5.41) is 8.32. The van der Waals surface area contributed by atoms with Crippen molar-refractivity contribution in [2.75, 3.05) is 11.9 Å². The van der Waals surface area contributed by atoms with Crippen LogP contribution in [0.2, 0.25) is 0 Å². The fourth-order valence-corrected chi connectivity index (χ4v) is 6.37. The van der Waals surface area contributed by atoms with Crippen molar-refractivity contribution < 1.29 is 56.3 Å². The van der Waals surface area contributed by atoms with Crippen molar-refractivity contribution in [3.05, 3.63) is 192 Å². The minimum absolute atomic E-state index is 0. The molecule has 0 unspecified atom stereocenters. The number of nitrogens with zero attached hydrogens (tertiary/aromatic N) is 5. The Morgan fingerprint density at radius 2 is 1.54 bits per heavy atom. The van der Waals surface area contributed by atoms with Gasteiger partial charge in [-0.1, -0.05) is 59.7 Å². The van der Waals surface area contributed by atoms with E-state index < -0.39 is 46.4 Å². The van der Waals surface area contributed by atoms with E-state index in [4.69, 9.17) is 5.11 Å². The molecule has 0 spiro atoms. The van der Waals surface area contributed by atoms with Gasteiger partial charge in [0.1, 0.15) is 17.3 Å². The molecule has 1 N–H and O–H groups in total. The molecule has 6 aromatic rings. The van der Waals surface area contributed by atoms with Crippen LogP contribution in [-0.2, 0) is 25.6 Å². The average Bonchev–Trinajstić information content (AvgIpc) is 3.58. The number of carbonyl (C=O) groups is 1. The zero-order valence-corrected chi connectivity index (χ0v) is 30.1. The number of pyridine rings is 2. The third kappa shape index (κ3) is 6.70. The van der Waals surface area contributed by atoms with E-state index in [2.05, 4.69) is 22.1 Å². The van der Waals surface area contributed by atoms with Gasteiger partial charge in [-0.05, 0) is 67.2 Å². The van der Waals surface area contributed by atoms with Crippen LogP contribution in [0.25, 0.3) is 11.3 Å². The molecule has 14 heteroatoms. The first-order valence-corrected chi connectivity index (χ1v) is 15.8. The standard InChI is InChI=1S/C34H19F6N4.C6H5NO2.Ir/c1-42-12-13-43(19-42)34(31-9-5-8-30(41-31)24-11-10-20(35)16-27(24)38)25-14-21(36)17-28(39)32(25)44(23-6-3-2-4-7-23)33-26(34)15-22(37)18-29(33)40;8-6(9)5-3-1-2-4-7-5;/h2-10,12-14,16-19H,1H3;1-4H,(H,8,9);/q-3;;+3/t34-;;/m1../s1. The van der Waals surface area contributed by atoms with E-state index in [1.54, 1.807) is 73.5 Å². The second-order valence-electron chi connectivity index (χ2n) is 11.8. The first kappa shape index (κ1) is 37.8. The first-order chi connectivity index (χ1) is 25.5. The minimum Gasteiger partial charge on any atom is -0.511 e. The predicted octanol–water partition coefficient (Wildman–Crippen LogP) is 8.87. The van der Waals surface area contributed by atoms with Crippen LogP contribution in [0.5, 0.6) is 0 Å². The molecule has 8 rings (SSSR count). The Hall–Kier alpha value is -5.98. The van der Waals surface area contributed by atoms with Crippen LogP contribution in [0, 0.1) is 53.7 Å². The van der Waals surface area contributed by atoms with Gasteiger partial charge in [-0.2, -0.15) is 6.67 Å². The SMILES string of the molecule is CN1C=CN([C@@]2(c3cccc(-c4[c-]cc(F)cc4F)n3)c3[c-]c(F)cc(F)c3N(c3ccccc3)c3c(F)cc(F)cc32)[CH-]1.O=C(O)c1ccccn1.[Ir+3]. The van der Waals surface area contributed by atoms with Crippen molar-refractivity contribution >= 4 is 23.0 Å². The van der Waals surface area contributed by atoms with Gasteiger partial charge in [0, 0.05) is 46.8 Å². The maximum absolute atomic E-state index is 16.2. The Morgan fingerprint density at radius 1 is 0.815 bits per heavy atom. The number of aromatic carboxylic acids is 1. The Morgan fingerprint density at radius 3 is 2.19 bits per heavy atom. The fourth-order valence-electron chi connectivity index (χ4n) is 6.37. The summed E-state index contributed by atoms with van der Waals surface area (Å²) >= 11 is 0. The van der Waals surface area contributed by atoms with Crippen LogP contribution in [0.15, 0.2) is 116 Å². The summed E-state index contributed by atoms with van der Waals surface area (Å²) in [6, 6.07) is 26.6. The largest absolute Gasteiger partial charge is 3.00 e. The van der Waals surface area contributed by atoms with Gasteiger partial charge in [-0.25, -0.2) is 27.3 Å². The van der Waals surface area contributed by atoms with Crippen molar-refractivity contribution in [3.63, 3.8) is 0 Å². The third-order valence-electron chi connectivity index (χ3n) is 8.48. The van der Waals surface area contributed by atoms with Crippen LogP contribution >= 0.6 is 0 Å². The smallest absolute Gasteiger partial charge is 0.511 e. The maximum atomic E-state index is 16.2. The number of carboxylic acid groups (broad SMARTS) is 1. The molecule has 2 aliphatic rings. The molecule has 4 aromatic carbocycles. The first-order valence-electron chi connectivity index (χ1n) is 15.8. The molecule has 54 heavy (non-hydrogen) atoms. The van der Waals surface area contributed by atoms with Gasteiger partial charge < -0.3 is 19.8 Å². The number of carboxylic acids is 1. The van der Waals surface area contributed by atoms with Crippen LogP contribution in [0.1, 0.15) is 27.3 Å². The van der Waals surface area contributed by atoms with Crippen molar-refractivity contribution in [2.45, 2.75) is 5.54 Å². The summed E-state index contributed by atoms with van der Waals surface area (Å²) < 4.78 is 91.5. The van der Waals surface area contributed by atoms with E-state index in [0.29, 0.717) is 23.9 Å². The average molecular weight is 913 g/mol. The number of para-hydroxylation sites is 1. The van der Waals surface area contributed by atoms with Crippen molar-refractivity contribution in [1.29, 1.82) is 0 Å². The fraction of sp³-hybridized carbons (Fsp3) is 0.0500. The van der Waals surface area contributed by atoms with Crippen LogP contribution in [0.4, 0.5) is 43.4 Å². The molecule has 0 fully saturated rings. The van der Waals surface area contributed by atoms with Crippen molar-refractivity contribution in [3.8, 4) is 11.3 Å². The molecular weight excluding hydrogens is 889 g/mol. The van der Waals surface area contributed by atoms with Crippen LogP contribution in [-0.4, -0.2) is 37.9 Å². The molecular formula is C40H24F6IrN5O2. The number of anilines is 3.